The maximum absolute atomic E-state index is 14.9. The molecule has 0 aliphatic heterocycles. The van der Waals surface area contributed by atoms with Gasteiger partial charge in [0.2, 0.25) is 0 Å². The molecule has 9 atom stereocenters. The summed E-state index contributed by atoms with van der Waals surface area (Å²) in [5.41, 5.74) is -4.77. The van der Waals surface area contributed by atoms with Crippen molar-refractivity contribution in [3.05, 3.63) is 23.3 Å². The average Bonchev–Trinajstić information content (AvgIpc) is 3.40. The number of aliphatic hydroxyl groups excluding tert-OH is 2. The van der Waals surface area contributed by atoms with Gasteiger partial charge in [-0.1, -0.05) is 112 Å². The van der Waals surface area contributed by atoms with E-state index in [-0.39, 0.29) is 23.2 Å². The second kappa shape index (κ2) is 13.8. The number of hydrogen-bond donors (Lipinski definition) is 3. The molecule has 46 heavy (non-hydrogen) atoms. The molecule has 8 heteroatoms. The molecule has 0 heterocycles. The van der Waals surface area contributed by atoms with E-state index in [0.717, 1.165) is 19.3 Å². The molecule has 2 bridgehead atoms. The first-order valence-electron chi connectivity index (χ1n) is 18.0. The number of rotatable bonds is 15. The molecule has 0 aromatic heterocycles. The number of ether oxygens (including phenoxy) is 2. The highest BCUT2D eigenvalue weighted by Crippen LogP contribution is 2.75. The summed E-state index contributed by atoms with van der Waals surface area (Å²) >= 11 is 0. The molecule has 0 radical (unpaired) electrons. The van der Waals surface area contributed by atoms with Crippen molar-refractivity contribution in [2.24, 2.45) is 40.4 Å². The summed E-state index contributed by atoms with van der Waals surface area (Å²) in [7, 11) is 0. The third-order valence-electron chi connectivity index (χ3n) is 12.4. The van der Waals surface area contributed by atoms with Gasteiger partial charge in [0, 0.05) is 23.7 Å². The molecular weight excluding hydrogens is 584 g/mol. The van der Waals surface area contributed by atoms with Crippen molar-refractivity contribution in [3.8, 4) is 0 Å². The molecule has 1 spiro atoms. The molecule has 2 fully saturated rings. The Bertz CT molecular complexity index is 1220. The number of ketones is 1. The fraction of sp³-hybridized carbons (Fsp3) is 0.816. The number of carbonyl (C=O) groups excluding carboxylic acids is 3. The van der Waals surface area contributed by atoms with Gasteiger partial charge in [0.1, 0.15) is 11.7 Å². The van der Waals surface area contributed by atoms with Gasteiger partial charge in [0.05, 0.1) is 17.9 Å². The quantitative estimate of drug-likeness (QED) is 0.108. The average molecular weight is 645 g/mol. The molecule has 2 saturated carbocycles. The minimum absolute atomic E-state index is 0.0176. The van der Waals surface area contributed by atoms with Crippen LogP contribution in [0, 0.1) is 40.4 Å². The van der Waals surface area contributed by atoms with Crippen LogP contribution in [-0.2, 0) is 23.9 Å². The van der Waals surface area contributed by atoms with E-state index in [0.29, 0.717) is 18.4 Å². The van der Waals surface area contributed by atoms with Crippen LogP contribution in [0.3, 0.4) is 0 Å². The van der Waals surface area contributed by atoms with Crippen molar-refractivity contribution in [3.63, 3.8) is 0 Å². The smallest absolute Gasteiger partial charge is 0.309 e. The summed E-state index contributed by atoms with van der Waals surface area (Å²) < 4.78 is 12.4. The van der Waals surface area contributed by atoms with E-state index in [1.807, 2.05) is 34.6 Å². The molecule has 260 valence electrons. The predicted molar refractivity (Wildman–Crippen MR) is 176 cm³/mol. The second-order valence-electron chi connectivity index (χ2n) is 15.9. The topological polar surface area (TPSA) is 130 Å². The van der Waals surface area contributed by atoms with Crippen LogP contribution in [0.4, 0.5) is 0 Å². The molecule has 0 aromatic rings. The number of unbranched alkanes of at least 4 members (excludes halogenated alkanes) is 8. The Morgan fingerprint density at radius 3 is 2.17 bits per heavy atom. The summed E-state index contributed by atoms with van der Waals surface area (Å²) in [5, 5.41) is 35.0. The Hall–Kier alpha value is -2.03. The van der Waals surface area contributed by atoms with Crippen molar-refractivity contribution in [2.45, 2.75) is 149 Å². The second-order valence-corrected chi connectivity index (χ2v) is 15.9. The largest absolute Gasteiger partial charge is 0.458 e. The minimum Gasteiger partial charge on any atom is -0.458 e. The van der Waals surface area contributed by atoms with E-state index in [1.54, 1.807) is 26.0 Å². The van der Waals surface area contributed by atoms with Crippen LogP contribution in [0.5, 0.6) is 0 Å². The van der Waals surface area contributed by atoms with Crippen LogP contribution >= 0.6 is 0 Å². The van der Waals surface area contributed by atoms with Gasteiger partial charge in [-0.3, -0.25) is 14.4 Å². The van der Waals surface area contributed by atoms with Crippen molar-refractivity contribution in [1.82, 2.24) is 0 Å². The molecule has 3 N–H and O–H groups in total. The van der Waals surface area contributed by atoms with Crippen LogP contribution in [0.2, 0.25) is 0 Å². The van der Waals surface area contributed by atoms with Crippen molar-refractivity contribution < 1.29 is 39.2 Å². The fourth-order valence-corrected chi connectivity index (χ4v) is 9.22. The van der Waals surface area contributed by atoms with E-state index in [2.05, 4.69) is 6.92 Å². The lowest BCUT2D eigenvalue weighted by Gasteiger charge is -2.49. The first kappa shape index (κ1) is 36.8. The van der Waals surface area contributed by atoms with Crippen LogP contribution in [-0.4, -0.2) is 63.1 Å². The highest BCUT2D eigenvalue weighted by molar-refractivity contribution is 5.96. The number of aliphatic hydroxyl groups is 3. The third-order valence-corrected chi connectivity index (χ3v) is 12.4. The molecule has 4 rings (SSSR count). The van der Waals surface area contributed by atoms with E-state index >= 15 is 0 Å². The van der Waals surface area contributed by atoms with E-state index in [1.165, 1.54) is 38.5 Å². The Morgan fingerprint density at radius 1 is 1.02 bits per heavy atom. The number of hydrogen-bond acceptors (Lipinski definition) is 8. The van der Waals surface area contributed by atoms with Crippen molar-refractivity contribution in [1.29, 1.82) is 0 Å². The normalized spacial score (nSPS) is 36.5. The zero-order valence-corrected chi connectivity index (χ0v) is 29.6. The Labute approximate surface area is 276 Å². The zero-order valence-electron chi connectivity index (χ0n) is 29.6. The summed E-state index contributed by atoms with van der Waals surface area (Å²) in [4.78, 5) is 41.5. The van der Waals surface area contributed by atoms with Gasteiger partial charge in [0.25, 0.3) is 0 Å². The molecule has 0 amide bonds. The van der Waals surface area contributed by atoms with Gasteiger partial charge in [-0.15, -0.1) is 0 Å². The molecule has 4 aliphatic carbocycles. The highest BCUT2D eigenvalue weighted by Gasteiger charge is 2.83. The number of esters is 2. The zero-order chi connectivity index (χ0) is 34.2. The summed E-state index contributed by atoms with van der Waals surface area (Å²) in [6, 6.07) is 0. The molecule has 1 unspecified atom stereocenters. The monoisotopic (exact) mass is 644 g/mol. The highest BCUT2D eigenvalue weighted by atomic mass is 16.6. The first-order valence-corrected chi connectivity index (χ1v) is 18.0. The van der Waals surface area contributed by atoms with Crippen molar-refractivity contribution >= 4 is 17.7 Å². The van der Waals surface area contributed by atoms with E-state index in [4.69, 9.17) is 9.47 Å². The van der Waals surface area contributed by atoms with Gasteiger partial charge in [-0.25, -0.2) is 0 Å². The Balaban J connectivity index is 1.60. The van der Waals surface area contributed by atoms with Crippen LogP contribution in [0.1, 0.15) is 126 Å². The fourth-order valence-electron chi connectivity index (χ4n) is 9.22. The molecule has 8 nitrogen and oxygen atoms in total. The lowest BCUT2D eigenvalue weighted by atomic mass is 9.59. The molecular formula is C38H60O8. The van der Waals surface area contributed by atoms with E-state index < -0.39 is 70.5 Å². The SMILES string of the molecule is CCCCCCCCCCCC(=O)O[C@@]12C[C@@H](C)[C@]34C=C(C)[C@H](OC(=O)C(C)C(C)C)[C@]3(O)[C@H](O)C(CO)=C[C@H](C4=O)[C@@H]1C2(C)C. The van der Waals surface area contributed by atoms with Crippen LogP contribution in [0.15, 0.2) is 23.3 Å². The Morgan fingerprint density at radius 2 is 1.61 bits per heavy atom. The summed E-state index contributed by atoms with van der Waals surface area (Å²) in [5.74, 6) is -3.39. The van der Waals surface area contributed by atoms with Crippen molar-refractivity contribution in [2.75, 3.05) is 6.61 Å². The van der Waals surface area contributed by atoms with Gasteiger partial charge in [-0.05, 0) is 42.7 Å². The van der Waals surface area contributed by atoms with Crippen LogP contribution in [0.25, 0.3) is 0 Å². The van der Waals surface area contributed by atoms with Gasteiger partial charge >= 0.3 is 11.9 Å². The molecule has 0 aromatic carbocycles. The lowest BCUT2D eigenvalue weighted by Crippen LogP contribution is -2.66. The maximum Gasteiger partial charge on any atom is 0.309 e. The predicted octanol–water partition coefficient (Wildman–Crippen LogP) is 6.24. The van der Waals surface area contributed by atoms with Crippen LogP contribution < -0.4 is 0 Å². The third kappa shape index (κ3) is 5.83. The Kier molecular flexibility index (Phi) is 11.1. The molecule has 4 aliphatic rings. The number of allylic oxidation sites excluding steroid dienone is 1. The van der Waals surface area contributed by atoms with Gasteiger partial charge < -0.3 is 24.8 Å². The number of fused-ring (bicyclic) bond motifs is 3. The van der Waals surface area contributed by atoms with Gasteiger partial charge in [0.15, 0.2) is 17.5 Å². The standard InChI is InChI=1S/C38H60O8/c1-9-10-11-12-13-14-15-16-17-18-29(40)46-37-21-25(5)36-20-24(4)33(45-34(43)26(6)23(2)3)38(36,44)31(41)27(22-39)19-28(32(36)42)30(37)35(37,7)8/h19-20,23,25-26,28,30-31,33,39,41,44H,9-18,21-22H2,1-8H3/t25-,26?,28+,30-,31-,33+,36+,37+,38-/m1/s1. The first-order chi connectivity index (χ1) is 21.6. The lowest BCUT2D eigenvalue weighted by molar-refractivity contribution is -0.206. The summed E-state index contributed by atoms with van der Waals surface area (Å²) in [6.07, 6.45) is 11.3. The number of carbonyl (C=O) groups is 3. The number of Topliss-reactive ketones (excluding diaryl/α,β-unsaturated/α-hetero) is 1. The minimum atomic E-state index is -2.24. The van der Waals surface area contributed by atoms with E-state index in [9.17, 15) is 29.7 Å². The molecule has 0 saturated heterocycles. The summed E-state index contributed by atoms with van der Waals surface area (Å²) in [6.45, 7) is 14.8. The maximum atomic E-state index is 14.9. The van der Waals surface area contributed by atoms with Gasteiger partial charge in [-0.2, -0.15) is 0 Å².